The normalized spacial score (nSPS) is 13.3. The summed E-state index contributed by atoms with van der Waals surface area (Å²) in [7, 11) is 0. The second kappa shape index (κ2) is 51.9. The molecule has 0 amide bonds. The van der Waals surface area contributed by atoms with Crippen molar-refractivity contribution in [3.8, 4) is 0 Å². The zero-order valence-electron chi connectivity index (χ0n) is 41.2. The lowest BCUT2D eigenvalue weighted by atomic mass is 10.1. The van der Waals surface area contributed by atoms with Crippen molar-refractivity contribution in [3.05, 3.63) is 146 Å². The largest absolute Gasteiger partial charge is 0.462 e. The standard InChI is InChI=1S/C59H90O6/c1-4-7-10-13-16-19-21-23-25-27-29-31-33-35-37-40-43-46-49-52-58(61)64-55-56(54-63-57(60)51-48-45-42-39-18-15-12-9-6-3)65-59(62)53-50-47-44-41-38-36-34-32-30-28-26-24-22-20-17-14-11-8-5-2/h7-12,16-20,23-26,29-32,35-39,56H,4-6,13-15,21-22,27-28,33-34,40-55H2,1-3H3/b10-7-,11-8-,12-9-,19-16-,20-17-,25-23-,26-24-,31-29-,32-30-,37-35-,38-36-,39-18-. The maximum atomic E-state index is 12.8. The summed E-state index contributed by atoms with van der Waals surface area (Å²) in [6.45, 7) is 6.16. The maximum absolute atomic E-state index is 12.8. The molecule has 6 heteroatoms. The van der Waals surface area contributed by atoms with Crippen molar-refractivity contribution in [2.45, 2.75) is 194 Å². The molecule has 0 saturated carbocycles. The van der Waals surface area contributed by atoms with E-state index < -0.39 is 6.10 Å². The van der Waals surface area contributed by atoms with E-state index in [1.807, 2.05) is 0 Å². The van der Waals surface area contributed by atoms with Crippen molar-refractivity contribution >= 4 is 17.9 Å². The highest BCUT2D eigenvalue weighted by molar-refractivity contribution is 5.71. The zero-order chi connectivity index (χ0) is 47.2. The Bertz CT molecular complexity index is 1490. The summed E-state index contributed by atoms with van der Waals surface area (Å²) in [6.07, 6.45) is 74.2. The summed E-state index contributed by atoms with van der Waals surface area (Å²) < 4.78 is 16.7. The lowest BCUT2D eigenvalue weighted by Crippen LogP contribution is -2.30. The average Bonchev–Trinajstić information content (AvgIpc) is 3.30. The van der Waals surface area contributed by atoms with E-state index in [1.165, 1.54) is 0 Å². The van der Waals surface area contributed by atoms with Gasteiger partial charge in [-0.05, 0) is 135 Å². The molecular formula is C59H90O6. The van der Waals surface area contributed by atoms with Gasteiger partial charge in [-0.1, -0.05) is 179 Å². The first-order chi connectivity index (χ1) is 32.0. The third-order valence-electron chi connectivity index (χ3n) is 9.82. The molecule has 0 rings (SSSR count). The summed E-state index contributed by atoms with van der Waals surface area (Å²) in [6, 6.07) is 0. The highest BCUT2D eigenvalue weighted by Gasteiger charge is 2.19. The van der Waals surface area contributed by atoms with Gasteiger partial charge in [0.2, 0.25) is 0 Å². The van der Waals surface area contributed by atoms with Crippen LogP contribution in [0.1, 0.15) is 188 Å². The van der Waals surface area contributed by atoms with E-state index in [4.69, 9.17) is 14.2 Å². The molecule has 0 bridgehead atoms. The molecule has 1 unspecified atom stereocenters. The van der Waals surface area contributed by atoms with Crippen molar-refractivity contribution in [2.75, 3.05) is 13.2 Å². The van der Waals surface area contributed by atoms with Crippen LogP contribution in [0.15, 0.2) is 146 Å². The molecule has 0 radical (unpaired) electrons. The maximum Gasteiger partial charge on any atom is 0.306 e. The van der Waals surface area contributed by atoms with Gasteiger partial charge < -0.3 is 14.2 Å². The van der Waals surface area contributed by atoms with Crippen LogP contribution in [0, 0.1) is 0 Å². The molecule has 1 atom stereocenters. The number of esters is 3. The monoisotopic (exact) mass is 895 g/mol. The minimum atomic E-state index is -0.828. The molecule has 362 valence electrons. The van der Waals surface area contributed by atoms with Gasteiger partial charge in [0.25, 0.3) is 0 Å². The number of allylic oxidation sites excluding steroid dienone is 24. The summed E-state index contributed by atoms with van der Waals surface area (Å²) in [5, 5.41) is 0. The Labute approximate surface area is 397 Å². The van der Waals surface area contributed by atoms with Crippen LogP contribution in [0.4, 0.5) is 0 Å². The predicted octanol–water partition coefficient (Wildman–Crippen LogP) is 16.9. The minimum absolute atomic E-state index is 0.126. The second-order valence-corrected chi connectivity index (χ2v) is 15.9. The third kappa shape index (κ3) is 50.2. The van der Waals surface area contributed by atoms with Crippen LogP contribution in [-0.4, -0.2) is 37.2 Å². The average molecular weight is 895 g/mol. The summed E-state index contributed by atoms with van der Waals surface area (Å²) in [4.78, 5) is 37.9. The van der Waals surface area contributed by atoms with Crippen LogP contribution in [0.3, 0.4) is 0 Å². The van der Waals surface area contributed by atoms with E-state index >= 15 is 0 Å². The Morgan fingerprint density at radius 1 is 0.308 bits per heavy atom. The van der Waals surface area contributed by atoms with Crippen LogP contribution < -0.4 is 0 Å². The van der Waals surface area contributed by atoms with Gasteiger partial charge in [-0.3, -0.25) is 14.4 Å². The highest BCUT2D eigenvalue weighted by Crippen LogP contribution is 2.11. The van der Waals surface area contributed by atoms with Gasteiger partial charge in [0.1, 0.15) is 13.2 Å². The van der Waals surface area contributed by atoms with E-state index in [-0.39, 0.29) is 37.5 Å². The lowest BCUT2D eigenvalue weighted by Gasteiger charge is -2.18. The molecule has 0 aromatic rings. The molecule has 0 aliphatic carbocycles. The van der Waals surface area contributed by atoms with E-state index in [1.54, 1.807) is 0 Å². The lowest BCUT2D eigenvalue weighted by molar-refractivity contribution is -0.167. The molecule has 0 N–H and O–H groups in total. The van der Waals surface area contributed by atoms with Gasteiger partial charge >= 0.3 is 17.9 Å². The fraction of sp³-hybridized carbons (Fsp3) is 0.542. The first kappa shape index (κ1) is 60.3. The topological polar surface area (TPSA) is 78.9 Å². The zero-order valence-corrected chi connectivity index (χ0v) is 41.2. The Morgan fingerprint density at radius 3 is 0.862 bits per heavy atom. The van der Waals surface area contributed by atoms with Crippen molar-refractivity contribution < 1.29 is 28.6 Å². The molecule has 0 aliphatic rings. The number of hydrogen-bond acceptors (Lipinski definition) is 6. The van der Waals surface area contributed by atoms with Crippen molar-refractivity contribution in [3.63, 3.8) is 0 Å². The fourth-order valence-corrected chi connectivity index (χ4v) is 6.12. The van der Waals surface area contributed by atoms with Crippen LogP contribution in [0.5, 0.6) is 0 Å². The van der Waals surface area contributed by atoms with Gasteiger partial charge in [0.15, 0.2) is 6.10 Å². The van der Waals surface area contributed by atoms with Gasteiger partial charge in [0.05, 0.1) is 0 Å². The molecule has 6 nitrogen and oxygen atoms in total. The molecule has 0 aromatic carbocycles. The van der Waals surface area contributed by atoms with Crippen LogP contribution in [0.2, 0.25) is 0 Å². The third-order valence-corrected chi connectivity index (χ3v) is 9.82. The van der Waals surface area contributed by atoms with Crippen molar-refractivity contribution in [1.82, 2.24) is 0 Å². The SMILES string of the molecule is CC/C=C\C/C=C\C/C=C\C/C=C\C/C=C\CCCCCC(=O)OCC(COC(=O)CCCC/C=C\C/C=C\CC)OC(=O)CCCCC/C=C\C/C=C\C/C=C\C/C=C\C/C=C\CC. The summed E-state index contributed by atoms with van der Waals surface area (Å²) >= 11 is 0. The smallest absolute Gasteiger partial charge is 0.306 e. The van der Waals surface area contributed by atoms with Gasteiger partial charge in [0, 0.05) is 19.3 Å². The number of carbonyl (C=O) groups is 3. The minimum Gasteiger partial charge on any atom is -0.462 e. The number of hydrogen-bond donors (Lipinski definition) is 0. The Morgan fingerprint density at radius 2 is 0.554 bits per heavy atom. The number of ether oxygens (including phenoxy) is 3. The number of unbranched alkanes of at least 4 members (excludes halogenated alkanes) is 8. The van der Waals surface area contributed by atoms with Crippen molar-refractivity contribution in [2.24, 2.45) is 0 Å². The first-order valence-corrected chi connectivity index (χ1v) is 25.3. The fourth-order valence-electron chi connectivity index (χ4n) is 6.12. The first-order valence-electron chi connectivity index (χ1n) is 25.3. The molecule has 0 spiro atoms. The Hall–Kier alpha value is -4.71. The molecule has 0 saturated heterocycles. The Kier molecular flexibility index (Phi) is 48.2. The Balaban J connectivity index is 4.51. The molecule has 65 heavy (non-hydrogen) atoms. The van der Waals surface area contributed by atoms with Crippen LogP contribution in [-0.2, 0) is 28.6 Å². The van der Waals surface area contributed by atoms with Gasteiger partial charge in [-0.2, -0.15) is 0 Å². The predicted molar refractivity (Wildman–Crippen MR) is 279 cm³/mol. The van der Waals surface area contributed by atoms with Gasteiger partial charge in [-0.25, -0.2) is 0 Å². The van der Waals surface area contributed by atoms with Crippen LogP contribution in [0.25, 0.3) is 0 Å². The number of rotatable bonds is 43. The van der Waals surface area contributed by atoms with Crippen LogP contribution >= 0.6 is 0 Å². The highest BCUT2D eigenvalue weighted by atomic mass is 16.6. The summed E-state index contributed by atoms with van der Waals surface area (Å²) in [5.41, 5.74) is 0. The quantitative estimate of drug-likeness (QED) is 0.0263. The molecule has 0 aliphatic heterocycles. The molecule has 0 aromatic heterocycles. The summed E-state index contributed by atoms with van der Waals surface area (Å²) in [5.74, 6) is -1.04. The van der Waals surface area contributed by atoms with E-state index in [2.05, 4.69) is 167 Å². The number of carbonyl (C=O) groups excluding carboxylic acids is 3. The van der Waals surface area contributed by atoms with E-state index in [0.29, 0.717) is 25.7 Å². The molecule has 0 fully saturated rings. The molecule has 0 heterocycles. The van der Waals surface area contributed by atoms with E-state index in [0.717, 1.165) is 135 Å². The van der Waals surface area contributed by atoms with E-state index in [9.17, 15) is 14.4 Å². The van der Waals surface area contributed by atoms with Gasteiger partial charge in [-0.15, -0.1) is 0 Å². The van der Waals surface area contributed by atoms with Crippen molar-refractivity contribution in [1.29, 1.82) is 0 Å². The molecular weight excluding hydrogens is 805 g/mol. The second-order valence-electron chi connectivity index (χ2n) is 15.9.